The molecule has 0 radical (unpaired) electrons. The molecule has 0 atom stereocenters. The number of anilines is 3. The fourth-order valence-corrected chi connectivity index (χ4v) is 3.27. The van der Waals surface area contributed by atoms with Crippen molar-refractivity contribution in [2.45, 2.75) is 19.3 Å². The quantitative estimate of drug-likeness (QED) is 0.639. The molecule has 1 aliphatic rings. The Balaban J connectivity index is 1.54. The zero-order valence-electron chi connectivity index (χ0n) is 13.8. The number of pyridine rings is 1. The van der Waals surface area contributed by atoms with E-state index < -0.39 is 10.9 Å². The van der Waals surface area contributed by atoms with Crippen molar-refractivity contribution in [3.63, 3.8) is 0 Å². The lowest BCUT2D eigenvalue weighted by Gasteiger charge is -2.32. The van der Waals surface area contributed by atoms with Gasteiger partial charge in [-0.05, 0) is 43.4 Å². The predicted octanol–water partition coefficient (Wildman–Crippen LogP) is 1.34. The molecule has 0 spiro atoms. The van der Waals surface area contributed by atoms with Crippen LogP contribution in [0.1, 0.15) is 19.3 Å². The Kier molecular flexibility index (Phi) is 6.13. The third-order valence-electron chi connectivity index (χ3n) is 4.29. The van der Waals surface area contributed by atoms with E-state index in [1.807, 2.05) is 18.2 Å². The molecular formula is C16H22N6O2S. The molecule has 1 fully saturated rings. The molecule has 3 rings (SSSR count). The minimum Gasteiger partial charge on any atom is -0.356 e. The number of piperidine rings is 1. The van der Waals surface area contributed by atoms with Crippen molar-refractivity contribution >= 4 is 28.3 Å². The number of rotatable bonds is 7. The Morgan fingerprint density at radius 1 is 1.20 bits per heavy atom. The third-order valence-corrected chi connectivity index (χ3v) is 4.77. The highest BCUT2D eigenvalue weighted by atomic mass is 32.2. The second-order valence-electron chi connectivity index (χ2n) is 5.99. The molecule has 0 bridgehead atoms. The Labute approximate surface area is 148 Å². The Bertz CT molecular complexity index is 739. The van der Waals surface area contributed by atoms with Crippen molar-refractivity contribution in [2.24, 2.45) is 5.92 Å². The van der Waals surface area contributed by atoms with E-state index in [1.54, 1.807) is 18.6 Å². The summed E-state index contributed by atoms with van der Waals surface area (Å²) in [6.45, 7) is 2.35. The summed E-state index contributed by atoms with van der Waals surface area (Å²) in [5.41, 5.74) is 0.850. The summed E-state index contributed by atoms with van der Waals surface area (Å²) >= 11 is 0. The van der Waals surface area contributed by atoms with Crippen LogP contribution in [-0.4, -0.2) is 43.0 Å². The molecule has 0 saturated carbocycles. The smallest absolute Gasteiger partial charge is 0.229 e. The molecule has 2 N–H and O–H groups in total. The van der Waals surface area contributed by atoms with E-state index in [2.05, 4.69) is 29.9 Å². The van der Waals surface area contributed by atoms with Gasteiger partial charge in [0.25, 0.3) is 0 Å². The van der Waals surface area contributed by atoms with Gasteiger partial charge in [-0.25, -0.2) is 18.1 Å². The zero-order valence-corrected chi connectivity index (χ0v) is 14.7. The molecule has 134 valence electrons. The molecular weight excluding hydrogens is 340 g/mol. The highest BCUT2D eigenvalue weighted by Gasteiger charge is 2.20. The van der Waals surface area contributed by atoms with Crippen LogP contribution in [0.5, 0.6) is 0 Å². The van der Waals surface area contributed by atoms with E-state index in [4.69, 9.17) is 0 Å². The summed E-state index contributed by atoms with van der Waals surface area (Å²) < 4.78 is 23.5. The van der Waals surface area contributed by atoms with Gasteiger partial charge >= 0.3 is 0 Å². The van der Waals surface area contributed by atoms with E-state index in [0.29, 0.717) is 18.4 Å². The van der Waals surface area contributed by atoms with E-state index >= 15 is 0 Å². The van der Waals surface area contributed by atoms with Gasteiger partial charge in [0.05, 0.1) is 11.9 Å². The first-order chi connectivity index (χ1) is 12.2. The number of hydrogen-bond acceptors (Lipinski definition) is 7. The average Bonchev–Trinajstić information content (AvgIpc) is 2.63. The number of aromatic nitrogens is 3. The summed E-state index contributed by atoms with van der Waals surface area (Å²) in [5, 5.41) is 3.15. The predicted molar refractivity (Wildman–Crippen MR) is 97.4 cm³/mol. The van der Waals surface area contributed by atoms with Crippen LogP contribution in [0, 0.1) is 5.92 Å². The lowest BCUT2D eigenvalue weighted by Crippen LogP contribution is -2.35. The molecule has 0 aromatic carbocycles. The molecule has 1 aliphatic heterocycles. The fraction of sp³-hybridized carbons (Fsp3) is 0.438. The van der Waals surface area contributed by atoms with Gasteiger partial charge in [0.2, 0.25) is 16.8 Å². The van der Waals surface area contributed by atoms with Crippen LogP contribution < -0.4 is 14.9 Å². The summed E-state index contributed by atoms with van der Waals surface area (Å²) in [5.74, 6) is 2.00. The zero-order chi connectivity index (χ0) is 17.5. The van der Waals surface area contributed by atoms with E-state index in [0.717, 1.165) is 43.9 Å². The summed E-state index contributed by atoms with van der Waals surface area (Å²) in [6.07, 6.45) is 8.15. The van der Waals surface area contributed by atoms with Crippen molar-refractivity contribution in [3.8, 4) is 0 Å². The minimum absolute atomic E-state index is 0.524. The SMILES string of the molecule is O=[SH](=O)NCCC1CCN(c2ccnc(Nc3cccnc3)n2)CC1. The van der Waals surface area contributed by atoms with Gasteiger partial charge in [0.1, 0.15) is 5.82 Å². The van der Waals surface area contributed by atoms with Crippen LogP contribution in [0.15, 0.2) is 36.8 Å². The highest BCUT2D eigenvalue weighted by Crippen LogP contribution is 2.24. The lowest BCUT2D eigenvalue weighted by molar-refractivity contribution is 0.381. The molecule has 0 amide bonds. The van der Waals surface area contributed by atoms with Crippen LogP contribution in [0.2, 0.25) is 0 Å². The van der Waals surface area contributed by atoms with Gasteiger partial charge in [-0.3, -0.25) is 4.98 Å². The van der Waals surface area contributed by atoms with Crippen LogP contribution in [0.4, 0.5) is 17.5 Å². The molecule has 2 aromatic heterocycles. The maximum Gasteiger partial charge on any atom is 0.229 e. The van der Waals surface area contributed by atoms with Crippen molar-refractivity contribution in [2.75, 3.05) is 29.9 Å². The van der Waals surface area contributed by atoms with Gasteiger partial charge in [-0.2, -0.15) is 4.98 Å². The van der Waals surface area contributed by atoms with Crippen molar-refractivity contribution in [3.05, 3.63) is 36.8 Å². The highest BCUT2D eigenvalue weighted by molar-refractivity contribution is 7.70. The number of nitrogens with zero attached hydrogens (tertiary/aromatic N) is 4. The minimum atomic E-state index is -2.49. The summed E-state index contributed by atoms with van der Waals surface area (Å²) in [4.78, 5) is 15.2. The standard InChI is InChI=1S/C16H22N6O2S/c23-25(24)19-9-3-13-5-10-22(11-6-13)15-4-8-18-16(21-15)20-14-2-1-7-17-12-14/h1-2,4,7-8,12-13,25H,3,5-6,9-11H2,(H,18,20,21)(H,19,23,24). The lowest BCUT2D eigenvalue weighted by atomic mass is 9.94. The van der Waals surface area contributed by atoms with Crippen molar-refractivity contribution in [1.29, 1.82) is 0 Å². The normalized spacial score (nSPS) is 15.5. The van der Waals surface area contributed by atoms with Crippen molar-refractivity contribution in [1.82, 2.24) is 19.7 Å². The third kappa shape index (κ3) is 5.36. The number of thiol groups is 1. The topological polar surface area (TPSA) is 100 Å². The molecule has 3 heterocycles. The van der Waals surface area contributed by atoms with Crippen LogP contribution in [0.3, 0.4) is 0 Å². The maximum absolute atomic E-state index is 10.5. The molecule has 9 heteroatoms. The van der Waals surface area contributed by atoms with Gasteiger partial charge in [0, 0.05) is 32.0 Å². The van der Waals surface area contributed by atoms with Gasteiger partial charge < -0.3 is 10.2 Å². The van der Waals surface area contributed by atoms with Crippen LogP contribution >= 0.6 is 0 Å². The maximum atomic E-state index is 10.5. The largest absolute Gasteiger partial charge is 0.356 e. The Morgan fingerprint density at radius 3 is 2.76 bits per heavy atom. The number of hydrogen-bond donors (Lipinski definition) is 3. The average molecular weight is 362 g/mol. The van der Waals surface area contributed by atoms with E-state index in [-0.39, 0.29) is 0 Å². The van der Waals surface area contributed by atoms with Crippen LogP contribution in [0.25, 0.3) is 0 Å². The summed E-state index contributed by atoms with van der Waals surface area (Å²) in [6, 6.07) is 5.69. The Morgan fingerprint density at radius 2 is 2.04 bits per heavy atom. The molecule has 0 aliphatic carbocycles. The fourth-order valence-electron chi connectivity index (χ4n) is 2.96. The van der Waals surface area contributed by atoms with Gasteiger partial charge in [0.15, 0.2) is 0 Å². The first kappa shape index (κ1) is 17.6. The first-order valence-electron chi connectivity index (χ1n) is 8.33. The van der Waals surface area contributed by atoms with E-state index in [1.165, 1.54) is 0 Å². The molecule has 2 aromatic rings. The monoisotopic (exact) mass is 362 g/mol. The van der Waals surface area contributed by atoms with Crippen molar-refractivity contribution < 1.29 is 8.42 Å². The van der Waals surface area contributed by atoms with Gasteiger partial charge in [-0.1, -0.05) is 0 Å². The first-order valence-corrected chi connectivity index (χ1v) is 9.51. The Hall–Kier alpha value is -2.26. The number of nitrogens with one attached hydrogen (secondary N) is 2. The second-order valence-corrected chi connectivity index (χ2v) is 6.82. The second kappa shape index (κ2) is 8.72. The molecule has 8 nitrogen and oxygen atoms in total. The van der Waals surface area contributed by atoms with Gasteiger partial charge in [-0.15, -0.1) is 0 Å². The molecule has 25 heavy (non-hydrogen) atoms. The molecule has 1 saturated heterocycles. The van der Waals surface area contributed by atoms with E-state index in [9.17, 15) is 8.42 Å². The van der Waals surface area contributed by atoms with Crippen LogP contribution in [-0.2, 0) is 10.9 Å². The molecule has 0 unspecified atom stereocenters. The summed E-state index contributed by atoms with van der Waals surface area (Å²) in [7, 11) is -2.49.